The predicted molar refractivity (Wildman–Crippen MR) is 121 cm³/mol. The minimum atomic E-state index is -0.00203. The van der Waals surface area contributed by atoms with E-state index < -0.39 is 0 Å². The van der Waals surface area contributed by atoms with Crippen molar-refractivity contribution in [3.8, 4) is 11.5 Å². The molecule has 1 aliphatic rings. The van der Waals surface area contributed by atoms with Gasteiger partial charge in [-0.05, 0) is 30.7 Å². The molecule has 1 fully saturated rings. The first-order chi connectivity index (χ1) is 15.1. The van der Waals surface area contributed by atoms with E-state index in [1.165, 1.54) is 11.1 Å². The lowest BCUT2D eigenvalue weighted by Gasteiger charge is -2.32. The first-order valence-electron chi connectivity index (χ1n) is 10.8. The Morgan fingerprint density at radius 1 is 1.10 bits per heavy atom. The number of morpholine rings is 1. The third-order valence-corrected chi connectivity index (χ3v) is 5.63. The van der Waals surface area contributed by atoms with Crippen molar-refractivity contribution in [2.75, 3.05) is 33.4 Å². The molecule has 1 aromatic heterocycles. The fourth-order valence-electron chi connectivity index (χ4n) is 3.98. The van der Waals surface area contributed by atoms with Gasteiger partial charge in [-0.15, -0.1) is 0 Å². The van der Waals surface area contributed by atoms with Gasteiger partial charge in [0.05, 0.1) is 26.0 Å². The highest BCUT2D eigenvalue weighted by Crippen LogP contribution is 2.24. The van der Waals surface area contributed by atoms with Gasteiger partial charge in [-0.25, -0.2) is 0 Å². The minimum absolute atomic E-state index is 0.00203. The van der Waals surface area contributed by atoms with Crippen molar-refractivity contribution in [2.24, 2.45) is 7.05 Å². The molecule has 4 rings (SSSR count). The Labute approximate surface area is 184 Å². The number of nitrogens with zero attached hydrogens (tertiary/aromatic N) is 3. The van der Waals surface area contributed by atoms with E-state index >= 15 is 0 Å². The van der Waals surface area contributed by atoms with E-state index in [0.29, 0.717) is 6.61 Å². The SMILES string of the molecule is COc1cccc(OCCc2cc(C3CN(Cc4cccc(C)c4)CCO3)nn2C)c1. The van der Waals surface area contributed by atoms with Crippen molar-refractivity contribution >= 4 is 0 Å². The molecule has 1 unspecified atom stereocenters. The fourth-order valence-corrected chi connectivity index (χ4v) is 3.98. The third kappa shape index (κ3) is 5.66. The molecule has 3 aromatic rings. The molecule has 0 amide bonds. The van der Waals surface area contributed by atoms with E-state index in [-0.39, 0.29) is 6.10 Å². The summed E-state index contributed by atoms with van der Waals surface area (Å²) < 4.78 is 19.1. The normalized spacial score (nSPS) is 16.9. The molecular weight excluding hydrogens is 390 g/mol. The van der Waals surface area contributed by atoms with Gasteiger partial charge < -0.3 is 14.2 Å². The second-order valence-corrected chi connectivity index (χ2v) is 8.05. The number of hydrogen-bond donors (Lipinski definition) is 0. The van der Waals surface area contributed by atoms with Crippen LogP contribution in [0.2, 0.25) is 0 Å². The molecule has 2 aromatic carbocycles. The second-order valence-electron chi connectivity index (χ2n) is 8.05. The summed E-state index contributed by atoms with van der Waals surface area (Å²) in [5.74, 6) is 1.61. The lowest BCUT2D eigenvalue weighted by atomic mass is 10.1. The lowest BCUT2D eigenvalue weighted by Crippen LogP contribution is -2.38. The summed E-state index contributed by atoms with van der Waals surface area (Å²) in [7, 11) is 3.64. The number of benzene rings is 2. The van der Waals surface area contributed by atoms with Crippen molar-refractivity contribution in [2.45, 2.75) is 26.0 Å². The summed E-state index contributed by atoms with van der Waals surface area (Å²) in [4.78, 5) is 2.45. The van der Waals surface area contributed by atoms with Crippen LogP contribution < -0.4 is 9.47 Å². The molecule has 2 heterocycles. The van der Waals surface area contributed by atoms with Crippen LogP contribution in [0.1, 0.15) is 28.6 Å². The van der Waals surface area contributed by atoms with Crippen LogP contribution in [0.4, 0.5) is 0 Å². The molecular formula is C25H31N3O3. The van der Waals surface area contributed by atoms with Gasteiger partial charge in [0.25, 0.3) is 0 Å². The number of ether oxygens (including phenoxy) is 3. The van der Waals surface area contributed by atoms with Crippen molar-refractivity contribution in [3.05, 3.63) is 77.1 Å². The maximum atomic E-state index is 6.06. The zero-order valence-corrected chi connectivity index (χ0v) is 18.6. The van der Waals surface area contributed by atoms with Gasteiger partial charge in [-0.2, -0.15) is 5.10 Å². The average Bonchev–Trinajstić information content (AvgIpc) is 3.15. The number of methoxy groups -OCH3 is 1. The molecule has 1 saturated heterocycles. The van der Waals surface area contributed by atoms with Gasteiger partial charge in [0.2, 0.25) is 0 Å². The van der Waals surface area contributed by atoms with Crippen LogP contribution in [0.15, 0.2) is 54.6 Å². The van der Waals surface area contributed by atoms with Crippen LogP contribution in [0.25, 0.3) is 0 Å². The zero-order valence-electron chi connectivity index (χ0n) is 18.6. The molecule has 164 valence electrons. The Bertz CT molecular complexity index is 1000. The van der Waals surface area contributed by atoms with Crippen LogP contribution >= 0.6 is 0 Å². The predicted octanol–water partition coefficient (Wildman–Crippen LogP) is 3.93. The highest BCUT2D eigenvalue weighted by molar-refractivity contribution is 5.32. The molecule has 6 nitrogen and oxygen atoms in total. The summed E-state index contributed by atoms with van der Waals surface area (Å²) in [5, 5.41) is 4.73. The Morgan fingerprint density at radius 3 is 2.77 bits per heavy atom. The quantitative estimate of drug-likeness (QED) is 0.552. The summed E-state index contributed by atoms with van der Waals surface area (Å²) in [5.41, 5.74) is 4.77. The van der Waals surface area contributed by atoms with Crippen LogP contribution in [-0.2, 0) is 24.8 Å². The highest BCUT2D eigenvalue weighted by Gasteiger charge is 2.25. The van der Waals surface area contributed by atoms with Crippen molar-refractivity contribution in [1.82, 2.24) is 14.7 Å². The molecule has 0 aliphatic carbocycles. The van der Waals surface area contributed by atoms with Gasteiger partial charge in [0.1, 0.15) is 17.6 Å². The van der Waals surface area contributed by atoms with Gasteiger partial charge in [-0.3, -0.25) is 9.58 Å². The molecule has 0 saturated carbocycles. The molecule has 0 bridgehead atoms. The maximum Gasteiger partial charge on any atom is 0.123 e. The summed E-state index contributed by atoms with van der Waals surface area (Å²) in [6, 6.07) is 18.5. The lowest BCUT2D eigenvalue weighted by molar-refractivity contribution is -0.0352. The van der Waals surface area contributed by atoms with Crippen molar-refractivity contribution in [3.63, 3.8) is 0 Å². The topological polar surface area (TPSA) is 48.8 Å². The van der Waals surface area contributed by atoms with Gasteiger partial charge in [-0.1, -0.05) is 35.9 Å². The molecule has 31 heavy (non-hydrogen) atoms. The Balaban J connectivity index is 1.34. The standard InChI is InChI=1S/C25H31N3O3/c1-19-6-4-7-20(14-19)17-28-11-13-31-25(18-28)24-15-21(27(2)26-24)10-12-30-23-9-5-8-22(16-23)29-3/h4-9,14-16,25H,10-13,17-18H2,1-3H3. The zero-order chi connectivity index (χ0) is 21.6. The number of rotatable bonds is 8. The largest absolute Gasteiger partial charge is 0.497 e. The molecule has 6 heteroatoms. The van der Waals surface area contributed by atoms with E-state index in [0.717, 1.165) is 55.5 Å². The molecule has 0 spiro atoms. The van der Waals surface area contributed by atoms with Crippen molar-refractivity contribution < 1.29 is 14.2 Å². The number of aromatic nitrogens is 2. The monoisotopic (exact) mass is 421 g/mol. The van der Waals surface area contributed by atoms with Gasteiger partial charge >= 0.3 is 0 Å². The van der Waals surface area contributed by atoms with Crippen LogP contribution in [0, 0.1) is 6.92 Å². The van der Waals surface area contributed by atoms with E-state index in [2.05, 4.69) is 42.2 Å². The molecule has 0 N–H and O–H groups in total. The number of aryl methyl sites for hydroxylation is 2. The smallest absolute Gasteiger partial charge is 0.123 e. The Hall–Kier alpha value is -2.83. The molecule has 0 radical (unpaired) electrons. The summed E-state index contributed by atoms with van der Waals surface area (Å²) in [6.45, 7) is 6.18. The van der Waals surface area contributed by atoms with E-state index in [1.54, 1.807) is 7.11 Å². The summed E-state index contributed by atoms with van der Waals surface area (Å²) in [6.07, 6.45) is 0.776. The van der Waals surface area contributed by atoms with Crippen LogP contribution in [0.3, 0.4) is 0 Å². The molecule has 1 aliphatic heterocycles. The maximum absolute atomic E-state index is 6.06. The van der Waals surface area contributed by atoms with Crippen LogP contribution in [-0.4, -0.2) is 48.1 Å². The summed E-state index contributed by atoms with van der Waals surface area (Å²) >= 11 is 0. The van der Waals surface area contributed by atoms with E-state index in [1.807, 2.05) is 36.0 Å². The second kappa shape index (κ2) is 9.98. The van der Waals surface area contributed by atoms with E-state index in [9.17, 15) is 0 Å². The first kappa shape index (κ1) is 21.4. The fraction of sp³-hybridized carbons (Fsp3) is 0.400. The molecule has 1 atom stereocenters. The average molecular weight is 422 g/mol. The first-order valence-corrected chi connectivity index (χ1v) is 10.8. The van der Waals surface area contributed by atoms with Gasteiger partial charge in [0.15, 0.2) is 0 Å². The third-order valence-electron chi connectivity index (χ3n) is 5.63. The Kier molecular flexibility index (Phi) is 6.89. The Morgan fingerprint density at radius 2 is 1.94 bits per heavy atom. The van der Waals surface area contributed by atoms with Crippen LogP contribution in [0.5, 0.6) is 11.5 Å². The highest BCUT2D eigenvalue weighted by atomic mass is 16.5. The van der Waals surface area contributed by atoms with Crippen molar-refractivity contribution in [1.29, 1.82) is 0 Å². The van der Waals surface area contributed by atoms with E-state index in [4.69, 9.17) is 19.3 Å². The number of hydrogen-bond acceptors (Lipinski definition) is 5. The van der Waals surface area contributed by atoms with Gasteiger partial charge in [0, 0.05) is 44.9 Å². The minimum Gasteiger partial charge on any atom is -0.497 e.